The molecule has 1 aromatic heterocycles. The van der Waals surface area contributed by atoms with Crippen molar-refractivity contribution in [3.8, 4) is 0 Å². The Morgan fingerprint density at radius 3 is 2.93 bits per heavy atom. The fraction of sp³-hybridized carbons (Fsp3) is 0.615. The highest BCUT2D eigenvalue weighted by Gasteiger charge is 2.12. The SMILES string of the molecule is CCc1cncc(CC2CCCCN2)c1. The number of rotatable bonds is 3. The summed E-state index contributed by atoms with van der Waals surface area (Å²) in [5.74, 6) is 0. The van der Waals surface area contributed by atoms with Gasteiger partial charge in [-0.05, 0) is 43.4 Å². The van der Waals surface area contributed by atoms with Crippen molar-refractivity contribution >= 4 is 0 Å². The van der Waals surface area contributed by atoms with E-state index < -0.39 is 0 Å². The van der Waals surface area contributed by atoms with E-state index >= 15 is 0 Å². The molecule has 0 aromatic carbocycles. The molecule has 0 radical (unpaired) electrons. The molecule has 2 nitrogen and oxygen atoms in total. The number of piperidine rings is 1. The van der Waals surface area contributed by atoms with Gasteiger partial charge in [-0.25, -0.2) is 0 Å². The van der Waals surface area contributed by atoms with Crippen molar-refractivity contribution in [3.63, 3.8) is 0 Å². The van der Waals surface area contributed by atoms with Crippen LogP contribution in [0.4, 0.5) is 0 Å². The van der Waals surface area contributed by atoms with Gasteiger partial charge in [0.1, 0.15) is 0 Å². The van der Waals surface area contributed by atoms with Gasteiger partial charge in [-0.15, -0.1) is 0 Å². The van der Waals surface area contributed by atoms with Crippen LogP contribution in [0, 0.1) is 0 Å². The van der Waals surface area contributed by atoms with Crippen molar-refractivity contribution in [2.45, 2.75) is 45.1 Å². The van der Waals surface area contributed by atoms with Crippen LogP contribution in [0.15, 0.2) is 18.5 Å². The summed E-state index contributed by atoms with van der Waals surface area (Å²) in [6.07, 6.45) is 10.2. The van der Waals surface area contributed by atoms with E-state index in [1.807, 2.05) is 12.4 Å². The van der Waals surface area contributed by atoms with Crippen LogP contribution >= 0.6 is 0 Å². The maximum absolute atomic E-state index is 4.29. The Balaban J connectivity index is 1.96. The second kappa shape index (κ2) is 5.26. The predicted octanol–water partition coefficient (Wildman–Crippen LogP) is 2.33. The molecular weight excluding hydrogens is 184 g/mol. The molecule has 0 spiro atoms. The number of aromatic nitrogens is 1. The Bertz CT molecular complexity index is 303. The summed E-state index contributed by atoms with van der Waals surface area (Å²) in [6, 6.07) is 2.97. The number of hydrogen-bond donors (Lipinski definition) is 1. The van der Waals surface area contributed by atoms with Gasteiger partial charge in [0.25, 0.3) is 0 Å². The Morgan fingerprint density at radius 1 is 1.33 bits per heavy atom. The van der Waals surface area contributed by atoms with Crippen LogP contribution in [0.5, 0.6) is 0 Å². The quantitative estimate of drug-likeness (QED) is 0.817. The molecule has 1 saturated heterocycles. The van der Waals surface area contributed by atoms with Crippen molar-refractivity contribution in [1.82, 2.24) is 10.3 Å². The summed E-state index contributed by atoms with van der Waals surface area (Å²) in [7, 11) is 0. The van der Waals surface area contributed by atoms with Crippen LogP contribution in [-0.2, 0) is 12.8 Å². The average molecular weight is 204 g/mol. The van der Waals surface area contributed by atoms with E-state index in [-0.39, 0.29) is 0 Å². The minimum Gasteiger partial charge on any atom is -0.314 e. The van der Waals surface area contributed by atoms with Gasteiger partial charge in [0.15, 0.2) is 0 Å². The lowest BCUT2D eigenvalue weighted by molar-refractivity contribution is 0.399. The van der Waals surface area contributed by atoms with Gasteiger partial charge in [-0.1, -0.05) is 19.4 Å². The lowest BCUT2D eigenvalue weighted by atomic mass is 9.98. The van der Waals surface area contributed by atoms with Crippen molar-refractivity contribution in [3.05, 3.63) is 29.6 Å². The topological polar surface area (TPSA) is 24.9 Å². The van der Waals surface area contributed by atoms with Crippen molar-refractivity contribution in [2.75, 3.05) is 6.54 Å². The molecule has 1 N–H and O–H groups in total. The third-order valence-electron chi connectivity index (χ3n) is 3.15. The fourth-order valence-electron chi connectivity index (χ4n) is 2.23. The van der Waals surface area contributed by atoms with Crippen molar-refractivity contribution < 1.29 is 0 Å². The first-order chi connectivity index (χ1) is 7.38. The molecule has 0 bridgehead atoms. The summed E-state index contributed by atoms with van der Waals surface area (Å²) in [5.41, 5.74) is 2.73. The average Bonchev–Trinajstić information content (AvgIpc) is 2.31. The van der Waals surface area contributed by atoms with Crippen LogP contribution in [0.25, 0.3) is 0 Å². The predicted molar refractivity (Wildman–Crippen MR) is 63.0 cm³/mol. The molecule has 0 aliphatic carbocycles. The smallest absolute Gasteiger partial charge is 0.0300 e. The molecule has 15 heavy (non-hydrogen) atoms. The molecule has 1 fully saturated rings. The largest absolute Gasteiger partial charge is 0.314 e. The molecule has 82 valence electrons. The third kappa shape index (κ3) is 3.03. The molecule has 0 amide bonds. The van der Waals surface area contributed by atoms with Crippen LogP contribution in [0.1, 0.15) is 37.3 Å². The van der Waals surface area contributed by atoms with Gasteiger partial charge in [0.05, 0.1) is 0 Å². The zero-order chi connectivity index (χ0) is 10.5. The number of nitrogens with one attached hydrogen (secondary N) is 1. The maximum atomic E-state index is 4.29. The van der Waals surface area contributed by atoms with Gasteiger partial charge in [0, 0.05) is 18.4 Å². The third-order valence-corrected chi connectivity index (χ3v) is 3.15. The Kier molecular flexibility index (Phi) is 3.73. The van der Waals surface area contributed by atoms with Crippen LogP contribution in [0.2, 0.25) is 0 Å². The summed E-state index contributed by atoms with van der Waals surface area (Å²) in [5, 5.41) is 3.58. The molecule has 1 aliphatic heterocycles. The van der Waals surface area contributed by atoms with Gasteiger partial charge >= 0.3 is 0 Å². The zero-order valence-corrected chi connectivity index (χ0v) is 9.50. The molecular formula is C13H20N2. The lowest BCUT2D eigenvalue weighted by Gasteiger charge is -2.23. The molecule has 2 heterocycles. The van der Waals surface area contributed by atoms with E-state index in [1.54, 1.807) is 0 Å². The van der Waals surface area contributed by atoms with Gasteiger partial charge in [-0.2, -0.15) is 0 Å². The standard InChI is InChI=1S/C13H20N2/c1-2-11-7-12(10-14-9-11)8-13-5-3-4-6-15-13/h7,9-10,13,15H,2-6,8H2,1H3. The molecule has 2 heteroatoms. The van der Waals surface area contributed by atoms with E-state index in [0.717, 1.165) is 12.8 Å². The van der Waals surface area contributed by atoms with Crippen molar-refractivity contribution in [2.24, 2.45) is 0 Å². The number of hydrogen-bond acceptors (Lipinski definition) is 2. The summed E-state index contributed by atoms with van der Waals surface area (Å²) < 4.78 is 0. The van der Waals surface area contributed by atoms with Crippen LogP contribution < -0.4 is 5.32 Å². The van der Waals surface area contributed by atoms with Gasteiger partial charge < -0.3 is 5.32 Å². The molecule has 0 saturated carbocycles. The fourth-order valence-corrected chi connectivity index (χ4v) is 2.23. The van der Waals surface area contributed by atoms with Gasteiger partial charge in [-0.3, -0.25) is 4.98 Å². The molecule has 1 aliphatic rings. The summed E-state index contributed by atoms with van der Waals surface area (Å²) >= 11 is 0. The summed E-state index contributed by atoms with van der Waals surface area (Å²) in [4.78, 5) is 4.29. The molecule has 1 aromatic rings. The second-order valence-corrected chi connectivity index (χ2v) is 4.41. The maximum Gasteiger partial charge on any atom is 0.0300 e. The minimum absolute atomic E-state index is 0.674. The lowest BCUT2D eigenvalue weighted by Crippen LogP contribution is -2.35. The van der Waals surface area contributed by atoms with E-state index in [2.05, 4.69) is 23.3 Å². The first-order valence-corrected chi connectivity index (χ1v) is 6.04. The highest BCUT2D eigenvalue weighted by Crippen LogP contribution is 2.13. The van der Waals surface area contributed by atoms with Crippen LogP contribution in [0.3, 0.4) is 0 Å². The number of nitrogens with zero attached hydrogens (tertiary/aromatic N) is 1. The summed E-state index contributed by atoms with van der Waals surface area (Å²) in [6.45, 7) is 3.37. The van der Waals surface area contributed by atoms with Crippen LogP contribution in [-0.4, -0.2) is 17.6 Å². The Morgan fingerprint density at radius 2 is 2.20 bits per heavy atom. The van der Waals surface area contributed by atoms with Gasteiger partial charge in [0.2, 0.25) is 0 Å². The number of aryl methyl sites for hydroxylation is 1. The van der Waals surface area contributed by atoms with E-state index in [1.165, 1.54) is 36.9 Å². The first kappa shape index (κ1) is 10.6. The van der Waals surface area contributed by atoms with Crippen molar-refractivity contribution in [1.29, 1.82) is 0 Å². The highest BCUT2D eigenvalue weighted by atomic mass is 14.9. The van der Waals surface area contributed by atoms with E-state index in [9.17, 15) is 0 Å². The van der Waals surface area contributed by atoms with E-state index in [4.69, 9.17) is 0 Å². The van der Waals surface area contributed by atoms with E-state index in [0.29, 0.717) is 6.04 Å². The Hall–Kier alpha value is -0.890. The normalized spacial score (nSPS) is 21.5. The second-order valence-electron chi connectivity index (χ2n) is 4.41. The zero-order valence-electron chi connectivity index (χ0n) is 9.50. The Labute approximate surface area is 92.1 Å². The molecule has 1 atom stereocenters. The highest BCUT2D eigenvalue weighted by molar-refractivity contribution is 5.19. The molecule has 1 unspecified atom stereocenters. The minimum atomic E-state index is 0.674. The first-order valence-electron chi connectivity index (χ1n) is 6.04. The molecule has 2 rings (SSSR count). The monoisotopic (exact) mass is 204 g/mol. The number of pyridine rings is 1.